The second kappa shape index (κ2) is 6.51. The van der Waals surface area contributed by atoms with Crippen LogP contribution in [0.5, 0.6) is 0 Å². The fourth-order valence-electron chi connectivity index (χ4n) is 2.32. The van der Waals surface area contributed by atoms with E-state index < -0.39 is 0 Å². The van der Waals surface area contributed by atoms with Crippen LogP contribution in [0.2, 0.25) is 0 Å². The molecule has 0 fully saturated rings. The van der Waals surface area contributed by atoms with Gasteiger partial charge in [-0.3, -0.25) is 4.79 Å². The van der Waals surface area contributed by atoms with E-state index in [1.54, 1.807) is 21.8 Å². The van der Waals surface area contributed by atoms with Crippen LogP contribution in [0, 0.1) is 0 Å². The maximum Gasteiger partial charge on any atom is 0.278 e. The molecule has 3 heterocycles. The average Bonchev–Trinajstić information content (AvgIpc) is 2.85. The molecule has 23 heavy (non-hydrogen) atoms. The minimum Gasteiger partial charge on any atom is -0.308 e. The molecule has 8 heteroatoms. The van der Waals surface area contributed by atoms with Crippen LogP contribution in [0.4, 0.5) is 0 Å². The first kappa shape index (κ1) is 15.7. The molecular formula is C15H18N6OS. The van der Waals surface area contributed by atoms with Crippen molar-refractivity contribution >= 4 is 22.8 Å². The van der Waals surface area contributed by atoms with Crippen LogP contribution in [0.3, 0.4) is 0 Å². The number of aromatic nitrogens is 5. The van der Waals surface area contributed by atoms with Crippen molar-refractivity contribution in [3.05, 3.63) is 40.9 Å². The Morgan fingerprint density at radius 3 is 2.74 bits per heavy atom. The van der Waals surface area contributed by atoms with Crippen molar-refractivity contribution < 1.29 is 0 Å². The molecule has 0 N–H and O–H groups in total. The zero-order valence-corrected chi connectivity index (χ0v) is 14.1. The molecule has 3 aromatic rings. The highest BCUT2D eigenvalue weighted by Crippen LogP contribution is 2.16. The summed E-state index contributed by atoms with van der Waals surface area (Å²) in [6, 6.07) is 5.61. The maximum atomic E-state index is 12.7. The lowest BCUT2D eigenvalue weighted by atomic mass is 10.4. The van der Waals surface area contributed by atoms with Gasteiger partial charge in [-0.05, 0) is 32.5 Å². The Bertz CT molecular complexity index is 871. The molecule has 0 amide bonds. The first-order valence-electron chi connectivity index (χ1n) is 7.20. The minimum atomic E-state index is -0.0971. The van der Waals surface area contributed by atoms with E-state index >= 15 is 0 Å². The van der Waals surface area contributed by atoms with Gasteiger partial charge in [0, 0.05) is 18.9 Å². The van der Waals surface area contributed by atoms with E-state index in [9.17, 15) is 4.79 Å². The number of nitrogens with zero attached hydrogens (tertiary/aromatic N) is 6. The summed E-state index contributed by atoms with van der Waals surface area (Å²) in [6.07, 6.45) is 5.22. The van der Waals surface area contributed by atoms with Crippen LogP contribution in [-0.4, -0.2) is 56.1 Å². The number of thioether (sulfide) groups is 1. The standard InChI is InChI=1S/C15H18N6OS/c1-19(2)8-9-20-14(22)11-10-17-15(23-3)18-13(11)21(20)12-6-4-5-7-16-12/h4-7,10H,8-9H2,1-3H3. The zero-order chi connectivity index (χ0) is 16.4. The van der Waals surface area contributed by atoms with Crippen LogP contribution in [0.15, 0.2) is 40.5 Å². The predicted octanol–water partition coefficient (Wildman–Crippen LogP) is 1.26. The first-order chi connectivity index (χ1) is 11.1. The lowest BCUT2D eigenvalue weighted by Gasteiger charge is -2.14. The molecular weight excluding hydrogens is 312 g/mol. The Kier molecular flexibility index (Phi) is 4.44. The fourth-order valence-corrected chi connectivity index (χ4v) is 2.66. The van der Waals surface area contributed by atoms with Gasteiger partial charge in [-0.15, -0.1) is 0 Å². The van der Waals surface area contributed by atoms with E-state index in [0.29, 0.717) is 28.6 Å². The van der Waals surface area contributed by atoms with Gasteiger partial charge in [-0.2, -0.15) is 0 Å². The van der Waals surface area contributed by atoms with Crippen molar-refractivity contribution in [2.24, 2.45) is 0 Å². The lowest BCUT2D eigenvalue weighted by Crippen LogP contribution is -2.28. The van der Waals surface area contributed by atoms with Gasteiger partial charge >= 0.3 is 0 Å². The van der Waals surface area contributed by atoms with Gasteiger partial charge in [0.05, 0.1) is 6.54 Å². The molecule has 0 aromatic carbocycles. The maximum absolute atomic E-state index is 12.7. The highest BCUT2D eigenvalue weighted by atomic mass is 32.2. The van der Waals surface area contributed by atoms with Crippen molar-refractivity contribution in [3.63, 3.8) is 0 Å². The predicted molar refractivity (Wildman–Crippen MR) is 91.3 cm³/mol. The molecule has 0 aliphatic rings. The molecule has 0 radical (unpaired) electrons. The van der Waals surface area contributed by atoms with E-state index in [4.69, 9.17) is 0 Å². The highest BCUT2D eigenvalue weighted by Gasteiger charge is 2.17. The number of fused-ring (bicyclic) bond motifs is 1. The third kappa shape index (κ3) is 2.99. The largest absolute Gasteiger partial charge is 0.308 e. The van der Waals surface area contributed by atoms with Gasteiger partial charge in [-0.1, -0.05) is 17.8 Å². The smallest absolute Gasteiger partial charge is 0.278 e. The van der Waals surface area contributed by atoms with E-state index in [1.165, 1.54) is 11.8 Å². The molecule has 0 unspecified atom stereocenters. The number of pyridine rings is 1. The number of hydrogen-bond donors (Lipinski definition) is 0. The summed E-state index contributed by atoms with van der Waals surface area (Å²) in [5.41, 5.74) is 0.493. The summed E-state index contributed by atoms with van der Waals surface area (Å²) in [6.45, 7) is 1.29. The van der Waals surface area contributed by atoms with Crippen LogP contribution >= 0.6 is 11.8 Å². The van der Waals surface area contributed by atoms with Crippen molar-refractivity contribution in [2.75, 3.05) is 26.9 Å². The Hall–Kier alpha value is -2.19. The van der Waals surface area contributed by atoms with Crippen LogP contribution in [0.1, 0.15) is 0 Å². The summed E-state index contributed by atoms with van der Waals surface area (Å²) in [4.78, 5) is 27.9. The fraction of sp³-hybridized carbons (Fsp3) is 0.333. The summed E-state index contributed by atoms with van der Waals surface area (Å²) >= 11 is 1.45. The summed E-state index contributed by atoms with van der Waals surface area (Å²) in [5, 5.41) is 1.14. The average molecular weight is 330 g/mol. The monoisotopic (exact) mass is 330 g/mol. The van der Waals surface area contributed by atoms with Crippen molar-refractivity contribution in [2.45, 2.75) is 11.7 Å². The third-order valence-corrected chi connectivity index (χ3v) is 4.02. The van der Waals surface area contributed by atoms with Crippen LogP contribution in [0.25, 0.3) is 16.9 Å². The highest BCUT2D eigenvalue weighted by molar-refractivity contribution is 7.98. The number of hydrogen-bond acceptors (Lipinski definition) is 6. The molecule has 0 saturated carbocycles. The Balaban J connectivity index is 2.27. The van der Waals surface area contributed by atoms with Crippen molar-refractivity contribution in [3.8, 4) is 5.82 Å². The zero-order valence-electron chi connectivity index (χ0n) is 13.3. The molecule has 7 nitrogen and oxygen atoms in total. The molecule has 120 valence electrons. The minimum absolute atomic E-state index is 0.0971. The summed E-state index contributed by atoms with van der Waals surface area (Å²) in [7, 11) is 3.95. The normalized spacial score (nSPS) is 11.5. The molecule has 0 bridgehead atoms. The quantitative estimate of drug-likeness (QED) is 0.518. The Labute approximate surface area is 138 Å². The Morgan fingerprint density at radius 1 is 1.26 bits per heavy atom. The van der Waals surface area contributed by atoms with Gasteiger partial charge in [-0.25, -0.2) is 24.3 Å². The van der Waals surface area contributed by atoms with E-state index in [0.717, 1.165) is 6.54 Å². The number of likely N-dealkylation sites (N-methyl/N-ethyl adjacent to an activating group) is 1. The van der Waals surface area contributed by atoms with Crippen LogP contribution < -0.4 is 5.56 Å². The lowest BCUT2D eigenvalue weighted by molar-refractivity contribution is 0.361. The summed E-state index contributed by atoms with van der Waals surface area (Å²) < 4.78 is 3.45. The summed E-state index contributed by atoms with van der Waals surface area (Å²) in [5.74, 6) is 0.670. The molecule has 0 aliphatic heterocycles. The first-order valence-corrected chi connectivity index (χ1v) is 8.43. The van der Waals surface area contributed by atoms with E-state index in [1.807, 2.05) is 43.5 Å². The molecule has 0 spiro atoms. The van der Waals surface area contributed by atoms with E-state index in [-0.39, 0.29) is 5.56 Å². The molecule has 0 atom stereocenters. The second-order valence-electron chi connectivity index (χ2n) is 5.33. The molecule has 3 aromatic heterocycles. The topological polar surface area (TPSA) is 68.8 Å². The van der Waals surface area contributed by atoms with Gasteiger partial charge in [0.25, 0.3) is 5.56 Å². The van der Waals surface area contributed by atoms with Crippen LogP contribution in [-0.2, 0) is 6.54 Å². The molecule has 3 rings (SSSR count). The van der Waals surface area contributed by atoms with Gasteiger partial charge in [0.15, 0.2) is 16.6 Å². The third-order valence-electron chi connectivity index (χ3n) is 3.46. The SMILES string of the molecule is CSc1ncc2c(=O)n(CCN(C)C)n(-c3ccccn3)c2n1. The second-order valence-corrected chi connectivity index (χ2v) is 6.10. The Morgan fingerprint density at radius 2 is 2.09 bits per heavy atom. The van der Waals surface area contributed by atoms with E-state index in [2.05, 4.69) is 15.0 Å². The molecule has 0 saturated heterocycles. The van der Waals surface area contributed by atoms with Crippen molar-refractivity contribution in [1.82, 2.24) is 29.2 Å². The van der Waals surface area contributed by atoms with Crippen molar-refractivity contribution in [1.29, 1.82) is 0 Å². The number of rotatable bonds is 5. The molecule has 0 aliphatic carbocycles. The van der Waals surface area contributed by atoms with Gasteiger partial charge in [0.1, 0.15) is 5.39 Å². The van der Waals surface area contributed by atoms with Gasteiger partial charge < -0.3 is 4.90 Å². The van der Waals surface area contributed by atoms with Gasteiger partial charge in [0.2, 0.25) is 0 Å².